The van der Waals surface area contributed by atoms with E-state index in [4.69, 9.17) is 0 Å². The van der Waals surface area contributed by atoms with Gasteiger partial charge in [-0.1, -0.05) is 35.9 Å². The minimum Gasteiger partial charge on any atom is -0.284 e. The second kappa shape index (κ2) is 5.06. The van der Waals surface area contributed by atoms with E-state index < -0.39 is 0 Å². The van der Waals surface area contributed by atoms with Gasteiger partial charge < -0.3 is 0 Å². The third-order valence-corrected chi connectivity index (χ3v) is 3.91. The molecule has 0 fully saturated rings. The van der Waals surface area contributed by atoms with Crippen LogP contribution >= 0.6 is 22.5 Å². The highest BCUT2D eigenvalue weighted by Gasteiger charge is 2.16. The van der Waals surface area contributed by atoms with Gasteiger partial charge in [0.2, 0.25) is 0 Å². The Kier molecular flexibility index (Phi) is 3.69. The highest BCUT2D eigenvalue weighted by atomic mass is 33.1. The van der Waals surface area contributed by atoms with Gasteiger partial charge in [-0.2, -0.15) is 0 Å². The fourth-order valence-corrected chi connectivity index (χ4v) is 3.06. The second-order valence-corrected chi connectivity index (χ2v) is 4.84. The summed E-state index contributed by atoms with van der Waals surface area (Å²) in [6, 6.07) is 9.63. The molecule has 0 aliphatic carbocycles. The third-order valence-electron chi connectivity index (χ3n) is 2.77. The van der Waals surface area contributed by atoms with Crippen LogP contribution in [-0.2, 0) is 13.5 Å². The van der Waals surface area contributed by atoms with E-state index >= 15 is 0 Å². The highest BCUT2D eigenvalue weighted by Crippen LogP contribution is 2.23. The van der Waals surface area contributed by atoms with E-state index in [1.54, 1.807) is 4.68 Å². The predicted octanol–water partition coefficient (Wildman–Crippen LogP) is 2.68. The van der Waals surface area contributed by atoms with Gasteiger partial charge in [-0.3, -0.25) is 9.48 Å². The van der Waals surface area contributed by atoms with E-state index in [-0.39, 0.29) is 5.56 Å². The van der Waals surface area contributed by atoms with Crippen molar-refractivity contribution in [2.75, 3.05) is 0 Å². The molecule has 0 saturated carbocycles. The first-order chi connectivity index (χ1) is 8.20. The van der Waals surface area contributed by atoms with E-state index in [0.717, 1.165) is 17.8 Å². The van der Waals surface area contributed by atoms with Gasteiger partial charge in [0.1, 0.15) is 4.90 Å². The quantitative estimate of drug-likeness (QED) is 0.683. The van der Waals surface area contributed by atoms with Crippen molar-refractivity contribution in [3.63, 3.8) is 0 Å². The van der Waals surface area contributed by atoms with Crippen molar-refractivity contribution in [1.29, 1.82) is 0 Å². The maximum atomic E-state index is 12.3. The zero-order chi connectivity index (χ0) is 12.4. The molecular formula is C12H14N2OS2. The Morgan fingerprint density at radius 1 is 1.29 bits per heavy atom. The fraction of sp³-hybridized carbons (Fsp3) is 0.250. The molecule has 1 aromatic carbocycles. The summed E-state index contributed by atoms with van der Waals surface area (Å²) in [7, 11) is 3.12. The fourth-order valence-electron chi connectivity index (χ4n) is 1.96. The molecule has 0 amide bonds. The van der Waals surface area contributed by atoms with Crippen LogP contribution in [0.25, 0.3) is 5.69 Å². The Morgan fingerprint density at radius 3 is 2.41 bits per heavy atom. The van der Waals surface area contributed by atoms with Crippen LogP contribution in [0, 0.1) is 0 Å². The van der Waals surface area contributed by atoms with Crippen LogP contribution in [0.5, 0.6) is 0 Å². The van der Waals surface area contributed by atoms with Crippen molar-refractivity contribution in [2.24, 2.45) is 7.05 Å². The molecule has 2 rings (SSSR count). The predicted molar refractivity (Wildman–Crippen MR) is 75.2 cm³/mol. The van der Waals surface area contributed by atoms with Gasteiger partial charge in [0, 0.05) is 7.05 Å². The van der Waals surface area contributed by atoms with Gasteiger partial charge in [-0.05, 0) is 18.6 Å². The Bertz CT molecular complexity index is 572. The van der Waals surface area contributed by atoms with Crippen LogP contribution in [0.3, 0.4) is 0 Å². The molecule has 1 heterocycles. The molecule has 0 N–H and O–H groups in total. The van der Waals surface area contributed by atoms with Gasteiger partial charge in [0.25, 0.3) is 5.56 Å². The number of hydrogen-bond acceptors (Lipinski definition) is 3. The molecule has 1 aromatic heterocycles. The Morgan fingerprint density at radius 2 is 1.94 bits per heavy atom. The average Bonchev–Trinajstić information content (AvgIpc) is 2.60. The molecule has 0 radical (unpaired) electrons. The zero-order valence-electron chi connectivity index (χ0n) is 9.75. The molecule has 0 aliphatic heterocycles. The molecule has 0 aliphatic rings. The van der Waals surface area contributed by atoms with Crippen molar-refractivity contribution >= 4 is 22.5 Å². The van der Waals surface area contributed by atoms with E-state index in [1.165, 1.54) is 10.8 Å². The zero-order valence-corrected chi connectivity index (χ0v) is 11.5. The summed E-state index contributed by atoms with van der Waals surface area (Å²) >= 11 is 4.17. The first kappa shape index (κ1) is 12.4. The lowest BCUT2D eigenvalue weighted by Crippen LogP contribution is -2.19. The summed E-state index contributed by atoms with van der Waals surface area (Å²) in [5.41, 5.74) is 1.89. The molecule has 0 saturated heterocycles. The van der Waals surface area contributed by atoms with Crippen LogP contribution < -0.4 is 5.56 Å². The maximum Gasteiger partial charge on any atom is 0.286 e. The van der Waals surface area contributed by atoms with Crippen LogP contribution in [-0.4, -0.2) is 9.36 Å². The van der Waals surface area contributed by atoms with E-state index in [0.29, 0.717) is 4.90 Å². The monoisotopic (exact) mass is 266 g/mol. The molecule has 3 nitrogen and oxygen atoms in total. The Labute approximate surface area is 109 Å². The van der Waals surface area contributed by atoms with E-state index in [9.17, 15) is 4.79 Å². The van der Waals surface area contributed by atoms with Crippen LogP contribution in [0.2, 0.25) is 0 Å². The maximum absolute atomic E-state index is 12.3. The summed E-state index contributed by atoms with van der Waals surface area (Å²) < 4.78 is 3.58. The van der Waals surface area contributed by atoms with Gasteiger partial charge >= 0.3 is 0 Å². The summed E-state index contributed by atoms with van der Waals surface area (Å²) in [5, 5.41) is 0. The molecule has 0 bridgehead atoms. The standard InChI is InChI=1S/C12H14N2OS2/c1-3-10-11(17-16)12(15)14(13(10)2)9-7-5-4-6-8-9/h4-8,16H,3H2,1-2H3. The van der Waals surface area contributed by atoms with Crippen molar-refractivity contribution in [2.45, 2.75) is 18.2 Å². The van der Waals surface area contributed by atoms with Crippen LogP contribution in [0.4, 0.5) is 0 Å². The number of aromatic nitrogens is 2. The molecule has 0 unspecified atom stereocenters. The Hall–Kier alpha value is -1.07. The second-order valence-electron chi connectivity index (χ2n) is 3.70. The first-order valence-electron chi connectivity index (χ1n) is 5.38. The normalized spacial score (nSPS) is 10.8. The smallest absolute Gasteiger partial charge is 0.284 e. The third kappa shape index (κ3) is 2.05. The van der Waals surface area contributed by atoms with Crippen LogP contribution in [0.15, 0.2) is 40.0 Å². The number of thiol groups is 1. The van der Waals surface area contributed by atoms with Crippen molar-refractivity contribution in [1.82, 2.24) is 9.36 Å². The van der Waals surface area contributed by atoms with E-state index in [1.807, 2.05) is 49.0 Å². The molecular weight excluding hydrogens is 252 g/mol. The summed E-state index contributed by atoms with van der Waals surface area (Å²) in [4.78, 5) is 13.0. The lowest BCUT2D eigenvalue weighted by molar-refractivity contribution is 0.618. The Balaban J connectivity index is 2.72. The largest absolute Gasteiger partial charge is 0.286 e. The van der Waals surface area contributed by atoms with Gasteiger partial charge in [-0.25, -0.2) is 4.68 Å². The number of para-hydroxylation sites is 1. The number of benzene rings is 1. The minimum absolute atomic E-state index is 0.00412. The molecule has 5 heteroatoms. The molecule has 0 spiro atoms. The van der Waals surface area contributed by atoms with Gasteiger partial charge in [0.05, 0.1) is 11.4 Å². The van der Waals surface area contributed by atoms with E-state index in [2.05, 4.69) is 11.7 Å². The minimum atomic E-state index is -0.00412. The lowest BCUT2D eigenvalue weighted by Gasteiger charge is -2.08. The SMILES string of the molecule is CCc1c(SS)c(=O)n(-c2ccccc2)n1C. The number of nitrogens with zero attached hydrogens (tertiary/aromatic N) is 2. The topological polar surface area (TPSA) is 26.9 Å². The molecule has 0 atom stereocenters. The number of rotatable bonds is 3. The van der Waals surface area contributed by atoms with Crippen LogP contribution in [0.1, 0.15) is 12.6 Å². The molecule has 17 heavy (non-hydrogen) atoms. The molecule has 2 aromatic rings. The first-order valence-corrected chi connectivity index (χ1v) is 7.25. The average molecular weight is 266 g/mol. The van der Waals surface area contributed by atoms with Gasteiger partial charge in [0.15, 0.2) is 0 Å². The molecule has 90 valence electrons. The highest BCUT2D eigenvalue weighted by molar-refractivity contribution is 8.68. The summed E-state index contributed by atoms with van der Waals surface area (Å²) in [5.74, 6) is 0. The van der Waals surface area contributed by atoms with Crippen molar-refractivity contribution in [3.05, 3.63) is 46.4 Å². The summed E-state index contributed by atoms with van der Waals surface area (Å²) in [6.07, 6.45) is 0.814. The number of hydrogen-bond donors (Lipinski definition) is 1. The van der Waals surface area contributed by atoms with Crippen molar-refractivity contribution < 1.29 is 0 Å². The summed E-state index contributed by atoms with van der Waals surface area (Å²) in [6.45, 7) is 2.04. The van der Waals surface area contributed by atoms with Gasteiger partial charge in [-0.15, -0.1) is 11.7 Å². The van der Waals surface area contributed by atoms with Crippen molar-refractivity contribution in [3.8, 4) is 5.69 Å². The lowest BCUT2D eigenvalue weighted by atomic mass is 10.3.